The van der Waals surface area contributed by atoms with E-state index in [-0.39, 0.29) is 0 Å². The number of halogens is 1. The van der Waals surface area contributed by atoms with Crippen LogP contribution in [0.1, 0.15) is 27.0 Å². The lowest BCUT2D eigenvalue weighted by Gasteiger charge is -2.06. The van der Waals surface area contributed by atoms with Gasteiger partial charge in [0.2, 0.25) is 0 Å². The van der Waals surface area contributed by atoms with Gasteiger partial charge in [-0.25, -0.2) is 0 Å². The summed E-state index contributed by atoms with van der Waals surface area (Å²) in [5.74, 6) is 0. The number of aryl methyl sites for hydroxylation is 3. The minimum absolute atomic E-state index is 0.693. The fraction of sp³-hybridized carbons (Fsp3) is 0.167. The van der Waals surface area contributed by atoms with Crippen LogP contribution >= 0.6 is 11.6 Å². The normalized spacial score (nSPS) is 11.0. The highest BCUT2D eigenvalue weighted by molar-refractivity contribution is 6.32. The topological polar surface area (TPSA) is 32.9 Å². The van der Waals surface area contributed by atoms with E-state index in [2.05, 4.69) is 30.1 Å². The molecule has 3 heteroatoms. The molecule has 0 fully saturated rings. The molecule has 1 N–H and O–H groups in total. The maximum absolute atomic E-state index is 11.6. The highest BCUT2D eigenvalue weighted by atomic mass is 35.5. The molecule has 0 amide bonds. The van der Waals surface area contributed by atoms with Gasteiger partial charge in [-0.2, -0.15) is 0 Å². The van der Waals surface area contributed by atoms with E-state index in [0.717, 1.165) is 39.6 Å². The summed E-state index contributed by atoms with van der Waals surface area (Å²) < 4.78 is 0. The third kappa shape index (κ3) is 2.16. The molecule has 0 unspecified atom stereocenters. The van der Waals surface area contributed by atoms with Gasteiger partial charge in [-0.3, -0.25) is 4.79 Å². The van der Waals surface area contributed by atoms with E-state index in [0.29, 0.717) is 10.6 Å². The van der Waals surface area contributed by atoms with Crippen LogP contribution in [-0.2, 0) is 0 Å². The van der Waals surface area contributed by atoms with Crippen LogP contribution in [-0.4, -0.2) is 11.3 Å². The number of benzene rings is 2. The highest BCUT2D eigenvalue weighted by Gasteiger charge is 2.16. The average molecular weight is 298 g/mol. The van der Waals surface area contributed by atoms with Crippen molar-refractivity contribution in [1.82, 2.24) is 4.98 Å². The van der Waals surface area contributed by atoms with Gasteiger partial charge in [-0.1, -0.05) is 35.4 Å². The van der Waals surface area contributed by atoms with E-state index in [1.807, 2.05) is 26.0 Å². The van der Waals surface area contributed by atoms with Crippen molar-refractivity contribution in [1.29, 1.82) is 0 Å². The Morgan fingerprint density at radius 3 is 2.57 bits per heavy atom. The summed E-state index contributed by atoms with van der Waals surface area (Å²) in [6.45, 7) is 6.06. The van der Waals surface area contributed by atoms with Gasteiger partial charge in [0.15, 0.2) is 6.29 Å². The van der Waals surface area contributed by atoms with E-state index in [1.54, 1.807) is 0 Å². The number of H-pyrrole nitrogens is 1. The van der Waals surface area contributed by atoms with Crippen LogP contribution in [0.3, 0.4) is 0 Å². The van der Waals surface area contributed by atoms with Gasteiger partial charge in [0.25, 0.3) is 0 Å². The first kappa shape index (κ1) is 13.9. The van der Waals surface area contributed by atoms with Crippen molar-refractivity contribution in [2.24, 2.45) is 0 Å². The molecular weight excluding hydrogens is 282 g/mol. The third-order valence-electron chi connectivity index (χ3n) is 3.99. The Morgan fingerprint density at radius 1 is 1.10 bits per heavy atom. The standard InChI is InChI=1S/C18H16ClNO/c1-10-4-5-11(2)14(8-10)18-15(9-21)13-6-7-16(19)12(3)17(13)20-18/h4-9,20H,1-3H3. The molecular formula is C18H16ClNO. The lowest BCUT2D eigenvalue weighted by atomic mass is 9.99. The molecule has 2 aromatic carbocycles. The third-order valence-corrected chi connectivity index (χ3v) is 4.40. The number of nitrogens with one attached hydrogen (secondary N) is 1. The van der Waals surface area contributed by atoms with Crippen LogP contribution in [0.2, 0.25) is 5.02 Å². The van der Waals surface area contributed by atoms with E-state index in [1.165, 1.54) is 5.56 Å². The Labute approximate surface area is 128 Å². The summed E-state index contributed by atoms with van der Waals surface area (Å²) in [4.78, 5) is 15.0. The summed E-state index contributed by atoms with van der Waals surface area (Å²) in [6, 6.07) is 9.99. The van der Waals surface area contributed by atoms with Crippen LogP contribution in [0.15, 0.2) is 30.3 Å². The van der Waals surface area contributed by atoms with Crippen molar-refractivity contribution < 1.29 is 4.79 Å². The number of aldehydes is 1. The fourth-order valence-electron chi connectivity index (χ4n) is 2.74. The summed E-state index contributed by atoms with van der Waals surface area (Å²) in [5.41, 5.74) is 6.82. The second-order valence-electron chi connectivity index (χ2n) is 5.44. The lowest BCUT2D eigenvalue weighted by Crippen LogP contribution is -1.89. The molecule has 0 radical (unpaired) electrons. The zero-order valence-electron chi connectivity index (χ0n) is 12.3. The first-order valence-corrected chi connectivity index (χ1v) is 7.24. The summed E-state index contributed by atoms with van der Waals surface area (Å²) in [6.07, 6.45) is 0.920. The summed E-state index contributed by atoms with van der Waals surface area (Å²) in [5, 5.41) is 1.62. The average Bonchev–Trinajstić information content (AvgIpc) is 2.84. The predicted octanol–water partition coefficient (Wildman–Crippen LogP) is 5.23. The summed E-state index contributed by atoms with van der Waals surface area (Å²) in [7, 11) is 0. The maximum Gasteiger partial charge on any atom is 0.152 e. The minimum atomic E-state index is 0.693. The van der Waals surface area contributed by atoms with Gasteiger partial charge >= 0.3 is 0 Å². The summed E-state index contributed by atoms with van der Waals surface area (Å²) >= 11 is 6.19. The van der Waals surface area contributed by atoms with Crippen LogP contribution in [0.5, 0.6) is 0 Å². The molecule has 0 bridgehead atoms. The molecule has 3 rings (SSSR count). The Hall–Kier alpha value is -2.06. The van der Waals surface area contributed by atoms with Crippen molar-refractivity contribution in [2.75, 3.05) is 0 Å². The molecule has 2 nitrogen and oxygen atoms in total. The van der Waals surface area contributed by atoms with Crippen molar-refractivity contribution in [3.63, 3.8) is 0 Å². The van der Waals surface area contributed by atoms with Gasteiger partial charge in [-0.05, 0) is 44.0 Å². The van der Waals surface area contributed by atoms with Gasteiger partial charge in [0.05, 0.1) is 11.2 Å². The van der Waals surface area contributed by atoms with Crippen molar-refractivity contribution >= 4 is 28.8 Å². The first-order valence-electron chi connectivity index (χ1n) is 6.86. The van der Waals surface area contributed by atoms with Gasteiger partial charge in [-0.15, -0.1) is 0 Å². The highest BCUT2D eigenvalue weighted by Crippen LogP contribution is 2.34. The molecule has 106 valence electrons. The molecule has 0 saturated carbocycles. The Balaban J connectivity index is 2.40. The fourth-order valence-corrected chi connectivity index (χ4v) is 2.90. The predicted molar refractivity (Wildman–Crippen MR) is 88.3 cm³/mol. The number of aromatic amines is 1. The number of carbonyl (C=O) groups is 1. The first-order chi connectivity index (χ1) is 10.0. The van der Waals surface area contributed by atoms with E-state index in [4.69, 9.17) is 11.6 Å². The number of fused-ring (bicyclic) bond motifs is 1. The molecule has 0 aliphatic carbocycles. The van der Waals surface area contributed by atoms with Crippen LogP contribution in [0.4, 0.5) is 0 Å². The van der Waals surface area contributed by atoms with Crippen LogP contribution in [0, 0.1) is 20.8 Å². The smallest absolute Gasteiger partial charge is 0.152 e. The molecule has 0 saturated heterocycles. The number of hydrogen-bond donors (Lipinski definition) is 1. The van der Waals surface area contributed by atoms with Crippen molar-refractivity contribution in [2.45, 2.75) is 20.8 Å². The van der Waals surface area contributed by atoms with Crippen LogP contribution < -0.4 is 0 Å². The Morgan fingerprint density at radius 2 is 1.86 bits per heavy atom. The lowest BCUT2D eigenvalue weighted by molar-refractivity contribution is 0.112. The molecule has 3 aromatic rings. The molecule has 1 aromatic heterocycles. The SMILES string of the molecule is Cc1ccc(C)c(-c2[nH]c3c(C)c(Cl)ccc3c2C=O)c1. The second kappa shape index (κ2) is 5.05. The minimum Gasteiger partial charge on any atom is -0.354 e. The number of aromatic nitrogens is 1. The van der Waals surface area contributed by atoms with E-state index in [9.17, 15) is 4.79 Å². The van der Waals surface area contributed by atoms with E-state index < -0.39 is 0 Å². The number of rotatable bonds is 2. The molecule has 0 spiro atoms. The van der Waals surface area contributed by atoms with Crippen molar-refractivity contribution in [3.05, 3.63) is 57.6 Å². The van der Waals surface area contributed by atoms with Gasteiger partial charge < -0.3 is 4.98 Å². The van der Waals surface area contributed by atoms with Crippen LogP contribution in [0.25, 0.3) is 22.2 Å². The van der Waals surface area contributed by atoms with Crippen molar-refractivity contribution in [3.8, 4) is 11.3 Å². The Bertz CT molecular complexity index is 861. The maximum atomic E-state index is 11.6. The zero-order chi connectivity index (χ0) is 15.1. The number of hydrogen-bond acceptors (Lipinski definition) is 1. The molecule has 0 aliphatic heterocycles. The largest absolute Gasteiger partial charge is 0.354 e. The molecule has 21 heavy (non-hydrogen) atoms. The van der Waals surface area contributed by atoms with Gasteiger partial charge in [0, 0.05) is 21.5 Å². The zero-order valence-corrected chi connectivity index (χ0v) is 13.0. The molecule has 1 heterocycles. The van der Waals surface area contributed by atoms with E-state index >= 15 is 0 Å². The Kier molecular flexibility index (Phi) is 3.34. The molecule has 0 aliphatic rings. The monoisotopic (exact) mass is 297 g/mol. The quantitative estimate of drug-likeness (QED) is 0.646. The second-order valence-corrected chi connectivity index (χ2v) is 5.85. The van der Waals surface area contributed by atoms with Gasteiger partial charge in [0.1, 0.15) is 0 Å². The molecule has 0 atom stereocenters. The number of carbonyl (C=O) groups excluding carboxylic acids is 1.